The van der Waals surface area contributed by atoms with Crippen LogP contribution in [0, 0.1) is 5.92 Å². The quantitative estimate of drug-likeness (QED) is 0.204. The van der Waals surface area contributed by atoms with Crippen molar-refractivity contribution in [2.75, 3.05) is 13.2 Å². The molecular formula is C17H28O8Ti. The number of carboxylic acids is 2. The first-order chi connectivity index (χ1) is 11.7. The summed E-state index contributed by atoms with van der Waals surface area (Å²) >= 11 is 0. The zero-order valence-corrected chi connectivity index (χ0v) is 17.1. The van der Waals surface area contributed by atoms with E-state index in [1.54, 1.807) is 0 Å². The largest absolute Gasteiger partial charge is 0.481 e. The van der Waals surface area contributed by atoms with E-state index in [2.05, 4.69) is 0 Å². The van der Waals surface area contributed by atoms with E-state index in [0.717, 1.165) is 25.7 Å². The number of carbonyl (C=O) groups excluding carboxylic acids is 3. The van der Waals surface area contributed by atoms with Gasteiger partial charge in [0.1, 0.15) is 18.8 Å². The molecule has 0 heterocycles. The summed E-state index contributed by atoms with van der Waals surface area (Å²) in [5.74, 6) is -4.40. The summed E-state index contributed by atoms with van der Waals surface area (Å²) in [5, 5.41) is 16.5. The van der Waals surface area contributed by atoms with E-state index >= 15 is 0 Å². The Labute approximate surface area is 168 Å². The summed E-state index contributed by atoms with van der Waals surface area (Å²) in [5.41, 5.74) is 0. The first kappa shape index (κ1) is 29.4. The maximum absolute atomic E-state index is 11.0. The first-order valence-corrected chi connectivity index (χ1v) is 8.29. The Morgan fingerprint density at radius 1 is 0.923 bits per heavy atom. The van der Waals surface area contributed by atoms with E-state index < -0.39 is 29.9 Å². The van der Waals surface area contributed by atoms with Crippen LogP contribution in [0.15, 0.2) is 0 Å². The fraction of sp³-hybridized carbons (Fsp3) is 0.706. The number of ether oxygens (including phenoxy) is 1. The molecule has 0 spiro atoms. The Bertz CT molecular complexity index is 458. The van der Waals surface area contributed by atoms with E-state index in [0.29, 0.717) is 6.61 Å². The molecule has 0 atom stereocenters. The minimum Gasteiger partial charge on any atom is -0.481 e. The van der Waals surface area contributed by atoms with Crippen LogP contribution in [0.3, 0.4) is 0 Å². The van der Waals surface area contributed by atoms with Crippen molar-refractivity contribution in [3.05, 3.63) is 0 Å². The molecule has 26 heavy (non-hydrogen) atoms. The molecule has 0 aromatic heterocycles. The smallest absolute Gasteiger partial charge is 0.372 e. The predicted octanol–water partition coefficient (Wildman–Crippen LogP) is 1.88. The van der Waals surface area contributed by atoms with Gasteiger partial charge in [-0.15, -0.1) is 0 Å². The van der Waals surface area contributed by atoms with Crippen molar-refractivity contribution in [1.82, 2.24) is 0 Å². The van der Waals surface area contributed by atoms with Crippen molar-refractivity contribution in [1.29, 1.82) is 0 Å². The molecule has 0 unspecified atom stereocenters. The van der Waals surface area contributed by atoms with Gasteiger partial charge in [0.15, 0.2) is 5.78 Å². The zero-order valence-electron chi connectivity index (χ0n) is 15.6. The van der Waals surface area contributed by atoms with Crippen LogP contribution >= 0.6 is 0 Å². The molecule has 0 fully saturated rings. The number of aliphatic carboxylic acids is 2. The molecule has 0 saturated heterocycles. The van der Waals surface area contributed by atoms with Crippen molar-refractivity contribution >= 4 is 29.3 Å². The Morgan fingerprint density at radius 3 is 1.85 bits per heavy atom. The van der Waals surface area contributed by atoms with Gasteiger partial charge in [0.25, 0.3) is 0 Å². The summed E-state index contributed by atoms with van der Waals surface area (Å²) in [6.07, 6.45) is 2.38. The third-order valence-corrected chi connectivity index (χ3v) is 3.27. The van der Waals surface area contributed by atoms with Crippen LogP contribution < -0.4 is 0 Å². The van der Waals surface area contributed by atoms with Gasteiger partial charge in [-0.2, -0.15) is 0 Å². The molecule has 148 valence electrons. The van der Waals surface area contributed by atoms with Crippen LogP contribution in [-0.2, 0) is 50.4 Å². The molecule has 0 aromatic carbocycles. The van der Waals surface area contributed by atoms with Crippen molar-refractivity contribution in [2.24, 2.45) is 5.92 Å². The van der Waals surface area contributed by atoms with Gasteiger partial charge in [0, 0.05) is 34.2 Å². The van der Waals surface area contributed by atoms with Gasteiger partial charge in [0.2, 0.25) is 5.78 Å². The molecule has 0 aliphatic rings. The molecule has 0 amide bonds. The fourth-order valence-electron chi connectivity index (χ4n) is 1.78. The number of Topliss-reactive ketones (excluding diaryl/α,β-unsaturated/α-hetero) is 3. The average Bonchev–Trinajstić information content (AvgIpc) is 2.52. The van der Waals surface area contributed by atoms with E-state index in [4.69, 9.17) is 14.9 Å². The van der Waals surface area contributed by atoms with Crippen molar-refractivity contribution in [3.8, 4) is 0 Å². The minimum absolute atomic E-state index is 0. The zero-order chi connectivity index (χ0) is 19.8. The van der Waals surface area contributed by atoms with E-state index in [-0.39, 0.29) is 46.4 Å². The second kappa shape index (κ2) is 18.4. The molecule has 0 aliphatic carbocycles. The SMILES string of the molecule is CCC(CC)C(=O)CC(=O)O.CCCCOCC(=O)CC(=O)C(=O)O.[Ti]. The maximum Gasteiger partial charge on any atom is 0.372 e. The van der Waals surface area contributed by atoms with Gasteiger partial charge in [-0.1, -0.05) is 27.2 Å². The Balaban J connectivity index is -0.000000402. The number of rotatable bonds is 13. The average molecular weight is 408 g/mol. The fourth-order valence-corrected chi connectivity index (χ4v) is 1.78. The normalized spacial score (nSPS) is 9.54. The molecule has 9 heteroatoms. The van der Waals surface area contributed by atoms with Gasteiger partial charge in [-0.25, -0.2) is 4.79 Å². The van der Waals surface area contributed by atoms with Crippen LogP contribution in [0.4, 0.5) is 0 Å². The molecule has 0 bridgehead atoms. The molecule has 8 nitrogen and oxygen atoms in total. The molecule has 0 radical (unpaired) electrons. The van der Waals surface area contributed by atoms with Gasteiger partial charge in [-0.3, -0.25) is 19.2 Å². The summed E-state index contributed by atoms with van der Waals surface area (Å²) < 4.78 is 4.92. The summed E-state index contributed by atoms with van der Waals surface area (Å²) in [6, 6.07) is 0. The van der Waals surface area contributed by atoms with Gasteiger partial charge >= 0.3 is 11.9 Å². The van der Waals surface area contributed by atoms with Gasteiger partial charge in [-0.05, 0) is 19.3 Å². The minimum atomic E-state index is -1.58. The van der Waals surface area contributed by atoms with Crippen molar-refractivity contribution in [3.63, 3.8) is 0 Å². The van der Waals surface area contributed by atoms with Crippen LogP contribution in [0.1, 0.15) is 59.3 Å². The predicted molar refractivity (Wildman–Crippen MR) is 89.3 cm³/mol. The molecule has 0 rings (SSSR count). The number of carbonyl (C=O) groups is 5. The molecule has 0 saturated carbocycles. The van der Waals surface area contributed by atoms with E-state index in [9.17, 15) is 24.0 Å². The van der Waals surface area contributed by atoms with Gasteiger partial charge in [0.05, 0.1) is 6.42 Å². The van der Waals surface area contributed by atoms with Crippen LogP contribution in [-0.4, -0.2) is 52.7 Å². The van der Waals surface area contributed by atoms with Crippen molar-refractivity contribution < 1.29 is 60.6 Å². The summed E-state index contributed by atoms with van der Waals surface area (Å²) in [7, 11) is 0. The number of hydrogen-bond donors (Lipinski definition) is 2. The van der Waals surface area contributed by atoms with E-state index in [1.807, 2.05) is 20.8 Å². The Morgan fingerprint density at radius 2 is 1.46 bits per heavy atom. The van der Waals surface area contributed by atoms with E-state index in [1.165, 1.54) is 0 Å². The second-order valence-electron chi connectivity index (χ2n) is 5.40. The Kier molecular flexibility index (Phi) is 20.8. The van der Waals surface area contributed by atoms with Crippen LogP contribution in [0.25, 0.3) is 0 Å². The third kappa shape index (κ3) is 17.4. The third-order valence-electron chi connectivity index (χ3n) is 3.27. The van der Waals surface area contributed by atoms with Crippen LogP contribution in [0.5, 0.6) is 0 Å². The molecule has 2 N–H and O–H groups in total. The standard InChI is InChI=1S/C9H14O5.C8H14O3.Ti/c1-2-3-4-14-6-7(10)5-8(11)9(12)13;1-3-6(4-2)7(9)5-8(10)11;/h2-6H2,1H3,(H,12,13);6H,3-5H2,1-2H3,(H,10,11);. The topological polar surface area (TPSA) is 135 Å². The van der Waals surface area contributed by atoms with Gasteiger partial charge < -0.3 is 14.9 Å². The first-order valence-electron chi connectivity index (χ1n) is 8.29. The molecule has 0 aliphatic heterocycles. The number of unbranched alkanes of at least 4 members (excludes halogenated alkanes) is 1. The monoisotopic (exact) mass is 408 g/mol. The maximum atomic E-state index is 11.0. The second-order valence-corrected chi connectivity index (χ2v) is 5.40. The summed E-state index contributed by atoms with van der Waals surface area (Å²) in [4.78, 5) is 52.7. The number of carboxylic acid groups (broad SMARTS) is 2. The number of ketones is 3. The Hall–Kier alpha value is -1.38. The molecular weight excluding hydrogens is 380 g/mol. The van der Waals surface area contributed by atoms with Crippen molar-refractivity contribution in [2.45, 2.75) is 59.3 Å². The molecule has 0 aromatic rings. The van der Waals surface area contributed by atoms with Crippen LogP contribution in [0.2, 0.25) is 0 Å². The number of hydrogen-bond acceptors (Lipinski definition) is 6. The summed E-state index contributed by atoms with van der Waals surface area (Å²) in [6.45, 7) is 6.06.